The summed E-state index contributed by atoms with van der Waals surface area (Å²) < 4.78 is 13.0. The zero-order chi connectivity index (χ0) is 13.5. The van der Waals surface area contributed by atoms with E-state index < -0.39 is 7.14 Å². The first-order valence-electron chi connectivity index (χ1n) is 5.04. The fourth-order valence-electron chi connectivity index (χ4n) is 1.45. The quantitative estimate of drug-likeness (QED) is 0.227. The van der Waals surface area contributed by atoms with Gasteiger partial charge in [-0.2, -0.15) is 0 Å². The maximum atomic E-state index is 13.0. The Morgan fingerprint density at radius 1 is 0.706 bits per heavy atom. The molecule has 0 radical (unpaired) electrons. The topological polar surface area (TPSA) is 17.1 Å². The molecule has 0 heterocycles. The Labute approximate surface area is 154 Å². The molecule has 0 aromatic heterocycles. The standard InChI is InChI=1S/C9H15Br6OP/c10-1-7(13)4-17(16,5-8(14)2-11)6-9(15)3-12/h7-9H,1-6H2. The molecular weight excluding hydrogens is 634 g/mol. The van der Waals surface area contributed by atoms with Crippen LogP contribution in [0, 0.1) is 0 Å². The number of rotatable bonds is 9. The van der Waals surface area contributed by atoms with Crippen molar-refractivity contribution in [1.82, 2.24) is 0 Å². The summed E-state index contributed by atoms with van der Waals surface area (Å²) in [5.74, 6) is 0. The highest BCUT2D eigenvalue weighted by Gasteiger charge is 2.29. The molecule has 3 atom stereocenters. The first-order chi connectivity index (χ1) is 7.86. The molecule has 0 aliphatic carbocycles. The van der Waals surface area contributed by atoms with Crippen LogP contribution in [0.15, 0.2) is 0 Å². The third kappa shape index (κ3) is 9.62. The predicted octanol–water partition coefficient (Wildman–Crippen LogP) is 5.82. The normalized spacial score (nSPS) is 20.6. The molecule has 1 nitrogen and oxygen atoms in total. The predicted molar refractivity (Wildman–Crippen MR) is 102 cm³/mol. The van der Waals surface area contributed by atoms with Gasteiger partial charge in [0.1, 0.15) is 0 Å². The van der Waals surface area contributed by atoms with Crippen molar-refractivity contribution >= 4 is 103 Å². The lowest BCUT2D eigenvalue weighted by atomic mass is 10.5. The number of alkyl halides is 6. The maximum absolute atomic E-state index is 13.0. The van der Waals surface area contributed by atoms with E-state index in [1.165, 1.54) is 0 Å². The SMILES string of the molecule is O=P(CC(Br)CBr)(CC(Br)CBr)CC(Br)CBr. The monoisotopic (exact) mass is 644 g/mol. The molecule has 104 valence electrons. The van der Waals surface area contributed by atoms with Crippen LogP contribution in [0.5, 0.6) is 0 Å². The van der Waals surface area contributed by atoms with Gasteiger partial charge in [-0.1, -0.05) is 95.6 Å². The summed E-state index contributed by atoms with van der Waals surface area (Å²) in [4.78, 5) is 0.829. The van der Waals surface area contributed by atoms with Crippen molar-refractivity contribution in [2.45, 2.75) is 14.5 Å². The van der Waals surface area contributed by atoms with Crippen molar-refractivity contribution < 1.29 is 4.57 Å². The fourth-order valence-corrected chi connectivity index (χ4v) is 11.0. The number of hydrogen-bond donors (Lipinski definition) is 0. The van der Waals surface area contributed by atoms with Gasteiger partial charge in [-0.25, -0.2) is 0 Å². The van der Waals surface area contributed by atoms with Crippen molar-refractivity contribution in [3.05, 3.63) is 0 Å². The molecule has 0 saturated heterocycles. The average Bonchev–Trinajstić information content (AvgIpc) is 2.27. The Balaban J connectivity index is 4.62. The van der Waals surface area contributed by atoms with Gasteiger partial charge in [0.05, 0.1) is 7.14 Å². The van der Waals surface area contributed by atoms with Crippen LogP contribution < -0.4 is 0 Å². The Hall–Kier alpha value is 3.11. The second kappa shape index (κ2) is 10.8. The van der Waals surface area contributed by atoms with E-state index in [2.05, 4.69) is 95.6 Å². The van der Waals surface area contributed by atoms with Gasteiger partial charge in [0.2, 0.25) is 0 Å². The van der Waals surface area contributed by atoms with Crippen LogP contribution in [0.3, 0.4) is 0 Å². The van der Waals surface area contributed by atoms with E-state index in [0.29, 0.717) is 0 Å². The van der Waals surface area contributed by atoms with Crippen LogP contribution in [0.1, 0.15) is 0 Å². The summed E-state index contributed by atoms with van der Waals surface area (Å²) in [5.41, 5.74) is 0. The van der Waals surface area contributed by atoms with Crippen LogP contribution in [0.2, 0.25) is 0 Å². The van der Waals surface area contributed by atoms with Crippen LogP contribution in [0.4, 0.5) is 0 Å². The summed E-state index contributed by atoms with van der Waals surface area (Å²) in [5, 5.41) is 2.50. The van der Waals surface area contributed by atoms with Gasteiger partial charge in [0.25, 0.3) is 0 Å². The molecule has 0 amide bonds. The third-order valence-corrected chi connectivity index (χ3v) is 13.8. The Morgan fingerprint density at radius 3 is 1.12 bits per heavy atom. The van der Waals surface area contributed by atoms with Gasteiger partial charge >= 0.3 is 0 Å². The van der Waals surface area contributed by atoms with Crippen LogP contribution in [-0.2, 0) is 4.57 Å². The molecule has 0 aromatic rings. The van der Waals surface area contributed by atoms with E-state index >= 15 is 0 Å². The van der Waals surface area contributed by atoms with Gasteiger partial charge < -0.3 is 4.57 Å². The van der Waals surface area contributed by atoms with Gasteiger partial charge in [0.15, 0.2) is 0 Å². The molecule has 3 unspecified atom stereocenters. The molecule has 0 aromatic carbocycles. The molecule has 0 rings (SSSR count). The minimum atomic E-state index is -2.17. The molecule has 0 bridgehead atoms. The van der Waals surface area contributed by atoms with Crippen molar-refractivity contribution in [3.63, 3.8) is 0 Å². The maximum Gasteiger partial charge on any atom is 0.0911 e. The van der Waals surface area contributed by atoms with Crippen molar-refractivity contribution in [2.24, 2.45) is 0 Å². The molecule has 0 saturated carbocycles. The van der Waals surface area contributed by atoms with E-state index in [0.717, 1.165) is 34.5 Å². The molecule has 17 heavy (non-hydrogen) atoms. The first-order valence-corrected chi connectivity index (χ1v) is 13.4. The van der Waals surface area contributed by atoms with E-state index in [9.17, 15) is 4.57 Å². The summed E-state index contributed by atoms with van der Waals surface area (Å²) in [6, 6.07) is 0. The van der Waals surface area contributed by atoms with E-state index in [-0.39, 0.29) is 14.5 Å². The lowest BCUT2D eigenvalue weighted by Gasteiger charge is -2.24. The fraction of sp³-hybridized carbons (Fsp3) is 1.00. The Morgan fingerprint density at radius 2 is 0.941 bits per heavy atom. The average molecular weight is 650 g/mol. The van der Waals surface area contributed by atoms with Crippen molar-refractivity contribution in [3.8, 4) is 0 Å². The van der Waals surface area contributed by atoms with Gasteiger partial charge in [-0.3, -0.25) is 0 Å². The lowest BCUT2D eigenvalue weighted by Crippen LogP contribution is -2.20. The van der Waals surface area contributed by atoms with Gasteiger partial charge in [0, 0.05) is 49.0 Å². The van der Waals surface area contributed by atoms with Crippen molar-refractivity contribution in [2.75, 3.05) is 34.5 Å². The Bertz CT molecular complexity index is 214. The molecular formula is C9H15Br6OP. The smallest absolute Gasteiger partial charge is 0.0911 e. The molecule has 0 aliphatic rings. The summed E-state index contributed by atoms with van der Waals surface area (Å²) in [6.45, 7) is 0. The Kier molecular flexibility index (Phi) is 12.8. The minimum Gasteiger partial charge on any atom is -0.323 e. The molecule has 0 N–H and O–H groups in total. The van der Waals surface area contributed by atoms with E-state index in [1.54, 1.807) is 0 Å². The highest BCUT2D eigenvalue weighted by atomic mass is 79.9. The third-order valence-electron chi connectivity index (χ3n) is 2.09. The van der Waals surface area contributed by atoms with Crippen LogP contribution in [0.25, 0.3) is 0 Å². The molecule has 0 aliphatic heterocycles. The molecule has 0 fully saturated rings. The van der Waals surface area contributed by atoms with Crippen LogP contribution in [-0.4, -0.2) is 49.0 Å². The number of halogens is 6. The van der Waals surface area contributed by atoms with Gasteiger partial charge in [-0.15, -0.1) is 0 Å². The van der Waals surface area contributed by atoms with Crippen molar-refractivity contribution in [1.29, 1.82) is 0 Å². The second-order valence-electron chi connectivity index (χ2n) is 3.86. The highest BCUT2D eigenvalue weighted by Crippen LogP contribution is 2.50. The highest BCUT2D eigenvalue weighted by molar-refractivity contribution is 9.12. The molecule has 0 spiro atoms. The summed E-state index contributed by atoms with van der Waals surface area (Å²) >= 11 is 21.0. The largest absolute Gasteiger partial charge is 0.323 e. The zero-order valence-electron chi connectivity index (χ0n) is 9.10. The summed E-state index contributed by atoms with van der Waals surface area (Å²) in [6.07, 6.45) is 2.22. The van der Waals surface area contributed by atoms with E-state index in [4.69, 9.17) is 0 Å². The lowest BCUT2D eigenvalue weighted by molar-refractivity contribution is 0.573. The van der Waals surface area contributed by atoms with E-state index in [1.807, 2.05) is 0 Å². The summed E-state index contributed by atoms with van der Waals surface area (Å²) in [7, 11) is -2.17. The molecule has 8 heteroatoms. The number of hydrogen-bond acceptors (Lipinski definition) is 1. The second-order valence-corrected chi connectivity index (χ2v) is 12.9. The first kappa shape index (κ1) is 20.1. The van der Waals surface area contributed by atoms with Crippen LogP contribution >= 0.6 is 103 Å². The minimum absolute atomic E-state index is 0.276. The zero-order valence-corrected chi connectivity index (χ0v) is 19.5. The van der Waals surface area contributed by atoms with Gasteiger partial charge in [-0.05, 0) is 0 Å².